The molecule has 1 unspecified atom stereocenters. The molecule has 214 valence electrons. The second-order valence-electron chi connectivity index (χ2n) is 12.4. The number of rotatable bonds is 1. The van der Waals surface area contributed by atoms with Crippen LogP contribution in [0.25, 0.3) is 58.8 Å². The Labute approximate surface area is 269 Å². The van der Waals surface area contributed by atoms with Gasteiger partial charge in [0.2, 0.25) is 0 Å². The van der Waals surface area contributed by atoms with Crippen LogP contribution in [-0.4, -0.2) is 4.57 Å². The number of thiophene rings is 1. The number of hydrogen-bond donors (Lipinski definition) is 0. The van der Waals surface area contributed by atoms with Gasteiger partial charge in [-0.1, -0.05) is 115 Å². The Morgan fingerprint density at radius 2 is 1.20 bits per heavy atom. The van der Waals surface area contributed by atoms with Crippen molar-refractivity contribution in [1.82, 2.24) is 4.57 Å². The van der Waals surface area contributed by atoms with E-state index in [2.05, 4.69) is 156 Å². The quantitative estimate of drug-likeness (QED) is 0.182. The summed E-state index contributed by atoms with van der Waals surface area (Å²) >= 11 is 1.85. The standard InChI is InChI=1S/C43H25NOS/c1-5-19-36-28(11-1)30-14-10-17-34-41(30)44(36)37-20-6-3-15-32(37)43(34)33-16-4-7-21-38(33)45-42-27(13-9-18-35(42)43)26-23-24-40-31(25-26)29-12-2-8-22-39(29)46-40/h1-25H. The van der Waals surface area contributed by atoms with E-state index in [1.165, 1.54) is 75.5 Å². The molecule has 2 aromatic heterocycles. The van der Waals surface area contributed by atoms with Crippen molar-refractivity contribution in [3.63, 3.8) is 0 Å². The maximum absolute atomic E-state index is 7.03. The van der Waals surface area contributed by atoms with E-state index in [4.69, 9.17) is 4.74 Å². The molecule has 9 aromatic rings. The summed E-state index contributed by atoms with van der Waals surface area (Å²) in [7, 11) is 0. The lowest BCUT2D eigenvalue weighted by molar-refractivity contribution is 0.435. The molecular weight excluding hydrogens is 579 g/mol. The molecule has 0 fully saturated rings. The third-order valence-electron chi connectivity index (χ3n) is 10.3. The third-order valence-corrected chi connectivity index (χ3v) is 11.4. The SMILES string of the molecule is c1ccc2c(c1)Oc1c(-c3ccc4sc5ccccc5c4c3)cccc1C21c2ccccc2-n2c3ccccc3c3cccc1c32. The van der Waals surface area contributed by atoms with Gasteiger partial charge < -0.3 is 9.30 Å². The normalized spacial score (nSPS) is 16.1. The van der Waals surface area contributed by atoms with Crippen LogP contribution < -0.4 is 4.74 Å². The Morgan fingerprint density at radius 3 is 2.15 bits per heavy atom. The first-order chi connectivity index (χ1) is 22.8. The highest BCUT2D eigenvalue weighted by molar-refractivity contribution is 7.25. The minimum absolute atomic E-state index is 0.570. The fourth-order valence-electron chi connectivity index (χ4n) is 8.47. The molecule has 1 spiro atoms. The summed E-state index contributed by atoms with van der Waals surface area (Å²) in [4.78, 5) is 0. The smallest absolute Gasteiger partial charge is 0.140 e. The number of fused-ring (bicyclic) bond motifs is 14. The lowest BCUT2D eigenvalue weighted by Gasteiger charge is -2.45. The Kier molecular flexibility index (Phi) is 4.69. The molecule has 0 N–H and O–H groups in total. The summed E-state index contributed by atoms with van der Waals surface area (Å²) in [6.07, 6.45) is 0. The first-order valence-corrected chi connectivity index (χ1v) is 16.6. The molecule has 0 bridgehead atoms. The maximum Gasteiger partial charge on any atom is 0.140 e. The molecule has 11 rings (SSSR count). The van der Waals surface area contributed by atoms with Gasteiger partial charge in [-0.25, -0.2) is 0 Å². The van der Waals surface area contributed by atoms with Crippen molar-refractivity contribution in [3.05, 3.63) is 174 Å². The average Bonchev–Trinajstić information content (AvgIpc) is 3.66. The van der Waals surface area contributed by atoms with Gasteiger partial charge in [0, 0.05) is 47.6 Å². The highest BCUT2D eigenvalue weighted by Crippen LogP contribution is 2.61. The van der Waals surface area contributed by atoms with Gasteiger partial charge in [-0.05, 0) is 53.1 Å². The van der Waals surface area contributed by atoms with Gasteiger partial charge in [-0.2, -0.15) is 0 Å². The average molecular weight is 604 g/mol. The fraction of sp³-hybridized carbons (Fsp3) is 0.0233. The highest BCUT2D eigenvalue weighted by atomic mass is 32.1. The maximum atomic E-state index is 7.03. The Hall–Kier alpha value is -5.64. The minimum atomic E-state index is -0.570. The highest BCUT2D eigenvalue weighted by Gasteiger charge is 2.50. The first kappa shape index (κ1) is 24.7. The molecule has 0 saturated heterocycles. The zero-order valence-electron chi connectivity index (χ0n) is 24.7. The van der Waals surface area contributed by atoms with Crippen molar-refractivity contribution in [3.8, 4) is 28.3 Å². The van der Waals surface area contributed by atoms with E-state index in [0.29, 0.717) is 0 Å². The van der Waals surface area contributed by atoms with Gasteiger partial charge in [0.15, 0.2) is 0 Å². The summed E-state index contributed by atoms with van der Waals surface area (Å²) in [5.74, 6) is 1.83. The third kappa shape index (κ3) is 2.92. The van der Waals surface area contributed by atoms with Gasteiger partial charge in [-0.3, -0.25) is 0 Å². The van der Waals surface area contributed by atoms with Crippen molar-refractivity contribution in [2.45, 2.75) is 5.41 Å². The Bertz CT molecular complexity index is 2750. The van der Waals surface area contributed by atoms with E-state index in [9.17, 15) is 0 Å². The number of benzene rings is 7. The lowest BCUT2D eigenvalue weighted by atomic mass is 9.61. The van der Waals surface area contributed by atoms with Crippen LogP contribution in [0.1, 0.15) is 22.3 Å². The second-order valence-corrected chi connectivity index (χ2v) is 13.5. The van der Waals surface area contributed by atoms with Crippen molar-refractivity contribution in [1.29, 1.82) is 0 Å². The molecule has 2 nitrogen and oxygen atoms in total. The summed E-state index contributed by atoms with van der Waals surface area (Å²) < 4.78 is 12.1. The van der Waals surface area contributed by atoms with E-state index >= 15 is 0 Å². The van der Waals surface area contributed by atoms with E-state index in [0.717, 1.165) is 17.1 Å². The van der Waals surface area contributed by atoms with Crippen molar-refractivity contribution in [2.24, 2.45) is 0 Å². The van der Waals surface area contributed by atoms with Crippen LogP contribution >= 0.6 is 11.3 Å². The van der Waals surface area contributed by atoms with Crippen LogP contribution in [0.3, 0.4) is 0 Å². The van der Waals surface area contributed by atoms with Gasteiger partial charge in [-0.15, -0.1) is 11.3 Å². The minimum Gasteiger partial charge on any atom is -0.456 e. The van der Waals surface area contributed by atoms with Crippen LogP contribution in [0.15, 0.2) is 152 Å². The van der Waals surface area contributed by atoms with Gasteiger partial charge in [0.25, 0.3) is 0 Å². The molecule has 2 aliphatic heterocycles. The Balaban J connectivity index is 1.29. The number of aromatic nitrogens is 1. The zero-order chi connectivity index (χ0) is 30.0. The molecular formula is C43H25NOS. The molecule has 1 atom stereocenters. The second kappa shape index (κ2) is 8.75. The van der Waals surface area contributed by atoms with Crippen LogP contribution in [0.2, 0.25) is 0 Å². The number of hydrogen-bond acceptors (Lipinski definition) is 2. The molecule has 2 aliphatic rings. The summed E-state index contributed by atoms with van der Waals surface area (Å²) in [5, 5.41) is 5.15. The molecule has 0 aliphatic carbocycles. The lowest BCUT2D eigenvalue weighted by Crippen LogP contribution is -2.37. The molecule has 7 aromatic carbocycles. The summed E-state index contributed by atoms with van der Waals surface area (Å²) in [5.41, 5.74) is 10.3. The van der Waals surface area contributed by atoms with E-state index in [1.807, 2.05) is 11.3 Å². The summed E-state index contributed by atoms with van der Waals surface area (Å²) in [6.45, 7) is 0. The van der Waals surface area contributed by atoms with Crippen molar-refractivity contribution >= 4 is 53.3 Å². The van der Waals surface area contributed by atoms with Crippen LogP contribution in [0.5, 0.6) is 11.5 Å². The monoisotopic (exact) mass is 603 g/mol. The Morgan fingerprint density at radius 1 is 0.500 bits per heavy atom. The molecule has 0 radical (unpaired) electrons. The molecule has 4 heterocycles. The predicted octanol–water partition coefficient (Wildman–Crippen LogP) is 11.6. The van der Waals surface area contributed by atoms with Crippen molar-refractivity contribution < 1.29 is 4.74 Å². The molecule has 0 amide bonds. The number of ether oxygens (including phenoxy) is 1. The van der Waals surface area contributed by atoms with Gasteiger partial charge in [0.05, 0.1) is 22.1 Å². The fourth-order valence-corrected chi connectivity index (χ4v) is 9.55. The zero-order valence-corrected chi connectivity index (χ0v) is 25.5. The molecule has 3 heteroatoms. The first-order valence-electron chi connectivity index (χ1n) is 15.8. The topological polar surface area (TPSA) is 14.2 Å². The van der Waals surface area contributed by atoms with Crippen molar-refractivity contribution in [2.75, 3.05) is 0 Å². The number of para-hydroxylation sites is 5. The van der Waals surface area contributed by atoms with Crippen LogP contribution in [0.4, 0.5) is 0 Å². The van der Waals surface area contributed by atoms with E-state index < -0.39 is 5.41 Å². The predicted molar refractivity (Wildman–Crippen MR) is 191 cm³/mol. The molecule has 0 saturated carbocycles. The summed E-state index contributed by atoms with van der Waals surface area (Å²) in [6, 6.07) is 55.6. The largest absolute Gasteiger partial charge is 0.456 e. The molecule has 46 heavy (non-hydrogen) atoms. The van der Waals surface area contributed by atoms with Gasteiger partial charge >= 0.3 is 0 Å². The van der Waals surface area contributed by atoms with Crippen LogP contribution in [0, 0.1) is 0 Å². The van der Waals surface area contributed by atoms with Gasteiger partial charge in [0.1, 0.15) is 11.5 Å². The van der Waals surface area contributed by atoms with Crippen LogP contribution in [-0.2, 0) is 5.41 Å². The van der Waals surface area contributed by atoms with E-state index in [-0.39, 0.29) is 0 Å². The number of nitrogens with zero attached hydrogens (tertiary/aromatic N) is 1. The van der Waals surface area contributed by atoms with E-state index in [1.54, 1.807) is 0 Å².